The van der Waals surface area contributed by atoms with Crippen LogP contribution in [0.3, 0.4) is 0 Å². The van der Waals surface area contributed by atoms with Crippen LogP contribution in [0.25, 0.3) is 5.69 Å². The van der Waals surface area contributed by atoms with E-state index in [0.717, 1.165) is 5.69 Å². The van der Waals surface area contributed by atoms with Gasteiger partial charge in [0.1, 0.15) is 0 Å². The van der Waals surface area contributed by atoms with E-state index in [1.807, 2.05) is 0 Å². The molecule has 1 aromatic heterocycles. The number of H-pyrrole nitrogens is 1. The van der Waals surface area contributed by atoms with Crippen LogP contribution in [-0.2, 0) is 10.5 Å². The second kappa shape index (κ2) is 4.38. The summed E-state index contributed by atoms with van der Waals surface area (Å²) in [5.74, 6) is 0. The van der Waals surface area contributed by atoms with E-state index in [-0.39, 0.29) is 5.56 Å². The van der Waals surface area contributed by atoms with E-state index in [1.165, 1.54) is 22.9 Å². The number of hydrogen-bond acceptors (Lipinski definition) is 4. The highest BCUT2D eigenvalue weighted by atomic mass is 32.2. The fraction of sp³-hybridized carbons (Fsp3) is 0.100. The molecule has 0 atom stereocenters. The Morgan fingerprint density at radius 1 is 1.24 bits per heavy atom. The van der Waals surface area contributed by atoms with Gasteiger partial charge < -0.3 is 0 Å². The minimum absolute atomic E-state index is 0.167. The molecule has 7 heteroatoms. The molecule has 0 radical (unpaired) electrons. The van der Waals surface area contributed by atoms with Gasteiger partial charge in [-0.1, -0.05) is 0 Å². The fourth-order valence-corrected chi connectivity index (χ4v) is 1.75. The topological polar surface area (TPSA) is 84.3 Å². The minimum Gasteiger partial charge on any atom is -0.295 e. The summed E-state index contributed by atoms with van der Waals surface area (Å²) >= 11 is 0. The van der Waals surface area contributed by atoms with E-state index < -0.39 is 10.5 Å². The average molecular weight is 251 g/mol. The Hall–Kier alpha value is -2.15. The maximum Gasteiger partial charge on any atom is 0.316 e. The van der Waals surface area contributed by atoms with Gasteiger partial charge in [0, 0.05) is 11.8 Å². The summed E-state index contributed by atoms with van der Waals surface area (Å²) in [5, 5.41) is 2.87. The standard InChI is InChI=1S/C10H9N3O3S/c1-7-6-10(14)13(11-7)9-4-2-8(3-5-9)12-17(15)16/h2-6,11H,1H3. The van der Waals surface area contributed by atoms with Crippen molar-refractivity contribution in [1.29, 1.82) is 0 Å². The molecule has 0 bridgehead atoms. The molecule has 0 saturated heterocycles. The summed E-state index contributed by atoms with van der Waals surface area (Å²) in [5.41, 5.74) is 1.53. The highest BCUT2D eigenvalue weighted by Crippen LogP contribution is 2.14. The third-order valence-electron chi connectivity index (χ3n) is 2.14. The zero-order valence-corrected chi connectivity index (χ0v) is 9.73. The van der Waals surface area contributed by atoms with Crippen molar-refractivity contribution in [3.63, 3.8) is 0 Å². The first-order valence-electron chi connectivity index (χ1n) is 4.76. The summed E-state index contributed by atoms with van der Waals surface area (Å²) in [4.78, 5) is 11.5. The van der Waals surface area contributed by atoms with E-state index in [0.29, 0.717) is 11.4 Å². The predicted octanol–water partition coefficient (Wildman–Crippen LogP) is 1.17. The van der Waals surface area contributed by atoms with Gasteiger partial charge in [-0.2, -0.15) is 8.42 Å². The summed E-state index contributed by atoms with van der Waals surface area (Å²) in [7, 11) is -2.47. The number of aryl methyl sites for hydroxylation is 1. The maximum absolute atomic E-state index is 11.5. The van der Waals surface area contributed by atoms with Crippen LogP contribution >= 0.6 is 0 Å². The van der Waals surface area contributed by atoms with Crippen LogP contribution in [0.4, 0.5) is 5.69 Å². The molecule has 0 aliphatic heterocycles. The van der Waals surface area contributed by atoms with Crippen molar-refractivity contribution in [1.82, 2.24) is 9.78 Å². The van der Waals surface area contributed by atoms with E-state index in [9.17, 15) is 13.2 Å². The molecule has 0 amide bonds. The number of aromatic amines is 1. The summed E-state index contributed by atoms with van der Waals surface area (Å²) in [6, 6.07) is 7.75. The molecule has 0 aliphatic carbocycles. The predicted molar refractivity (Wildman–Crippen MR) is 62.1 cm³/mol. The van der Waals surface area contributed by atoms with Crippen molar-refractivity contribution in [2.24, 2.45) is 4.36 Å². The minimum atomic E-state index is -2.47. The summed E-state index contributed by atoms with van der Waals surface area (Å²) in [6.07, 6.45) is 0. The van der Waals surface area contributed by atoms with Crippen LogP contribution in [0, 0.1) is 6.92 Å². The Bertz CT molecular complexity index is 715. The molecule has 2 aromatic rings. The van der Waals surface area contributed by atoms with Crippen molar-refractivity contribution in [3.05, 3.63) is 46.4 Å². The number of aromatic nitrogens is 2. The summed E-state index contributed by atoms with van der Waals surface area (Å²) < 4.78 is 25.4. The Labute approximate surface area is 98.2 Å². The molecule has 0 aliphatic rings. The smallest absolute Gasteiger partial charge is 0.295 e. The van der Waals surface area contributed by atoms with Crippen LogP contribution in [-0.4, -0.2) is 18.2 Å². The van der Waals surface area contributed by atoms with Gasteiger partial charge in [-0.05, 0) is 31.2 Å². The highest BCUT2D eigenvalue weighted by molar-refractivity contribution is 7.61. The van der Waals surface area contributed by atoms with Gasteiger partial charge in [-0.3, -0.25) is 9.89 Å². The molecular formula is C10H9N3O3S. The lowest BCUT2D eigenvalue weighted by Gasteiger charge is -2.00. The number of nitrogens with one attached hydrogen (secondary N) is 1. The molecule has 2 rings (SSSR count). The van der Waals surface area contributed by atoms with Crippen LogP contribution in [0.5, 0.6) is 0 Å². The monoisotopic (exact) mass is 251 g/mol. The van der Waals surface area contributed by atoms with Gasteiger partial charge >= 0.3 is 10.5 Å². The SMILES string of the molecule is Cc1cc(=O)n(-c2ccc(N=S(=O)=O)cc2)[nH]1. The van der Waals surface area contributed by atoms with E-state index in [1.54, 1.807) is 19.1 Å². The van der Waals surface area contributed by atoms with Gasteiger partial charge in [0.05, 0.1) is 11.4 Å². The van der Waals surface area contributed by atoms with Crippen molar-refractivity contribution in [2.75, 3.05) is 0 Å². The maximum atomic E-state index is 11.5. The second-order valence-electron chi connectivity index (χ2n) is 3.44. The first-order chi connectivity index (χ1) is 8.06. The zero-order valence-electron chi connectivity index (χ0n) is 8.91. The third kappa shape index (κ3) is 2.51. The molecule has 17 heavy (non-hydrogen) atoms. The molecule has 0 saturated carbocycles. The Balaban J connectivity index is 2.46. The number of nitrogens with zero attached hydrogens (tertiary/aromatic N) is 2. The first-order valence-corrected chi connectivity index (χ1v) is 5.79. The summed E-state index contributed by atoms with van der Waals surface area (Å²) in [6.45, 7) is 1.78. The lowest BCUT2D eigenvalue weighted by molar-refractivity contribution is 0.622. The molecule has 88 valence electrons. The Morgan fingerprint density at radius 3 is 2.35 bits per heavy atom. The molecule has 0 fully saturated rings. The van der Waals surface area contributed by atoms with E-state index in [2.05, 4.69) is 9.46 Å². The Kier molecular flexibility index (Phi) is 2.92. The quantitative estimate of drug-likeness (QED) is 0.869. The molecule has 0 unspecified atom stereocenters. The number of benzene rings is 1. The van der Waals surface area contributed by atoms with Crippen molar-refractivity contribution >= 4 is 16.2 Å². The van der Waals surface area contributed by atoms with Crippen molar-refractivity contribution in [3.8, 4) is 5.69 Å². The first kappa shape index (κ1) is 11.3. The molecule has 0 spiro atoms. The van der Waals surface area contributed by atoms with Crippen LogP contribution in [0.1, 0.15) is 5.69 Å². The highest BCUT2D eigenvalue weighted by Gasteiger charge is 2.02. The zero-order chi connectivity index (χ0) is 12.4. The van der Waals surface area contributed by atoms with Crippen LogP contribution in [0.2, 0.25) is 0 Å². The number of rotatable bonds is 2. The molecule has 1 aromatic carbocycles. The van der Waals surface area contributed by atoms with E-state index >= 15 is 0 Å². The lowest BCUT2D eigenvalue weighted by Crippen LogP contribution is -2.12. The fourth-order valence-electron chi connectivity index (χ4n) is 1.45. The van der Waals surface area contributed by atoms with Crippen molar-refractivity contribution in [2.45, 2.75) is 6.92 Å². The van der Waals surface area contributed by atoms with E-state index in [4.69, 9.17) is 0 Å². The molecule has 1 N–H and O–H groups in total. The molecule has 6 nitrogen and oxygen atoms in total. The lowest BCUT2D eigenvalue weighted by atomic mass is 10.3. The van der Waals surface area contributed by atoms with Gasteiger partial charge in [0.15, 0.2) is 0 Å². The van der Waals surface area contributed by atoms with Crippen LogP contribution < -0.4 is 5.56 Å². The Morgan fingerprint density at radius 2 is 1.88 bits per heavy atom. The normalized spacial score (nSPS) is 10.2. The molecule has 1 heterocycles. The van der Waals surface area contributed by atoms with Gasteiger partial charge in [-0.25, -0.2) is 4.68 Å². The largest absolute Gasteiger partial charge is 0.316 e. The molecular weight excluding hydrogens is 242 g/mol. The van der Waals surface area contributed by atoms with Gasteiger partial charge in [0.2, 0.25) is 0 Å². The van der Waals surface area contributed by atoms with Crippen LogP contribution in [0.15, 0.2) is 39.5 Å². The third-order valence-corrected chi connectivity index (χ3v) is 2.50. The van der Waals surface area contributed by atoms with Crippen molar-refractivity contribution < 1.29 is 8.42 Å². The average Bonchev–Trinajstić information content (AvgIpc) is 2.58. The number of hydrogen-bond donors (Lipinski definition) is 1. The van der Waals surface area contributed by atoms with Gasteiger partial charge in [0.25, 0.3) is 5.56 Å². The second-order valence-corrected chi connectivity index (χ2v) is 4.05. The van der Waals surface area contributed by atoms with Gasteiger partial charge in [-0.15, -0.1) is 4.36 Å².